The van der Waals surface area contributed by atoms with Crippen LogP contribution in [0, 0.1) is 5.82 Å². The van der Waals surface area contributed by atoms with E-state index in [0.29, 0.717) is 0 Å². The second-order valence-electron chi connectivity index (χ2n) is 3.69. The van der Waals surface area contributed by atoms with Crippen molar-refractivity contribution in [2.45, 2.75) is 0 Å². The number of nitrogens with one attached hydrogen (secondary N) is 2. The summed E-state index contributed by atoms with van der Waals surface area (Å²) in [5.74, 6) is 3.29. The zero-order valence-corrected chi connectivity index (χ0v) is 10.1. The molecule has 2 aromatic rings. The number of hydrogen-bond donors (Lipinski definition) is 3. The molecular formula is C12H10FN5O2. The monoisotopic (exact) mass is 275 g/mol. The molecule has 0 bridgehead atoms. The smallest absolute Gasteiger partial charge is 0.287 e. The third-order valence-corrected chi connectivity index (χ3v) is 2.38. The molecule has 2 amide bonds. The van der Waals surface area contributed by atoms with Gasteiger partial charge in [0.05, 0.1) is 0 Å². The van der Waals surface area contributed by atoms with E-state index in [0.717, 1.165) is 12.1 Å². The van der Waals surface area contributed by atoms with Crippen LogP contribution in [0.25, 0.3) is 0 Å². The topological polar surface area (TPSA) is 110 Å². The lowest BCUT2D eigenvalue weighted by Gasteiger charge is -2.07. The van der Waals surface area contributed by atoms with Gasteiger partial charge in [0.25, 0.3) is 11.8 Å². The molecule has 0 fully saturated rings. The van der Waals surface area contributed by atoms with Crippen molar-refractivity contribution in [1.82, 2.24) is 15.4 Å². The van der Waals surface area contributed by atoms with Crippen molar-refractivity contribution in [2.75, 3.05) is 5.32 Å². The lowest BCUT2D eigenvalue weighted by atomic mass is 10.2. The highest BCUT2D eigenvalue weighted by molar-refractivity contribution is 6.07. The molecule has 1 aromatic heterocycles. The second-order valence-corrected chi connectivity index (χ2v) is 3.69. The lowest BCUT2D eigenvalue weighted by Crippen LogP contribution is -2.32. The van der Waals surface area contributed by atoms with E-state index in [1.807, 2.05) is 5.43 Å². The van der Waals surface area contributed by atoms with Crippen LogP contribution in [0.2, 0.25) is 0 Å². The Morgan fingerprint density at radius 1 is 1.05 bits per heavy atom. The number of nitrogen functional groups attached to an aromatic ring is 1. The minimum absolute atomic E-state index is 0.0372. The van der Waals surface area contributed by atoms with Crippen LogP contribution in [0.3, 0.4) is 0 Å². The van der Waals surface area contributed by atoms with Crippen molar-refractivity contribution in [3.05, 3.63) is 53.7 Å². The van der Waals surface area contributed by atoms with Gasteiger partial charge in [-0.2, -0.15) is 0 Å². The first kappa shape index (κ1) is 13.6. The third kappa shape index (κ3) is 2.93. The standard InChI is InChI=1S/C12H10FN5O2/c13-8-3-1-7(2-4-8)11(19)17-10-9(12(20)18-14)15-5-6-16-10/h1-6H,14H2,(H,18,20)(H,16,17,19). The zero-order valence-electron chi connectivity index (χ0n) is 10.1. The van der Waals surface area contributed by atoms with Crippen LogP contribution < -0.4 is 16.6 Å². The molecule has 0 atom stereocenters. The largest absolute Gasteiger partial charge is 0.305 e. The van der Waals surface area contributed by atoms with Gasteiger partial charge < -0.3 is 5.32 Å². The Balaban J connectivity index is 2.24. The first-order valence-corrected chi connectivity index (χ1v) is 5.50. The molecule has 0 unspecified atom stereocenters. The predicted octanol–water partition coefficient (Wildman–Crippen LogP) is 0.471. The van der Waals surface area contributed by atoms with Gasteiger partial charge in [0.1, 0.15) is 5.82 Å². The molecule has 0 radical (unpaired) electrons. The molecule has 0 saturated heterocycles. The lowest BCUT2D eigenvalue weighted by molar-refractivity contribution is 0.0949. The summed E-state index contributed by atoms with van der Waals surface area (Å²) in [4.78, 5) is 31.0. The summed E-state index contributed by atoms with van der Waals surface area (Å²) >= 11 is 0. The SMILES string of the molecule is NNC(=O)c1nccnc1NC(=O)c1ccc(F)cc1. The summed E-state index contributed by atoms with van der Waals surface area (Å²) in [6.45, 7) is 0. The molecule has 102 valence electrons. The maximum Gasteiger partial charge on any atom is 0.287 e. The average Bonchev–Trinajstić information content (AvgIpc) is 2.47. The zero-order chi connectivity index (χ0) is 14.5. The molecule has 2 rings (SSSR count). The van der Waals surface area contributed by atoms with Crippen molar-refractivity contribution in [1.29, 1.82) is 0 Å². The number of hydrogen-bond acceptors (Lipinski definition) is 5. The van der Waals surface area contributed by atoms with E-state index in [4.69, 9.17) is 5.84 Å². The normalized spacial score (nSPS) is 9.90. The number of anilines is 1. The fraction of sp³-hybridized carbons (Fsp3) is 0. The maximum atomic E-state index is 12.8. The number of aromatic nitrogens is 2. The molecule has 0 spiro atoms. The number of benzene rings is 1. The van der Waals surface area contributed by atoms with Crippen LogP contribution in [0.4, 0.5) is 10.2 Å². The van der Waals surface area contributed by atoms with Crippen molar-refractivity contribution in [2.24, 2.45) is 5.84 Å². The van der Waals surface area contributed by atoms with Crippen LogP contribution in [0.5, 0.6) is 0 Å². The number of nitrogens with zero attached hydrogens (tertiary/aromatic N) is 2. The Kier molecular flexibility index (Phi) is 3.96. The summed E-state index contributed by atoms with van der Waals surface area (Å²) in [6.07, 6.45) is 2.60. The number of hydrazine groups is 1. The number of carbonyl (C=O) groups excluding carboxylic acids is 2. The third-order valence-electron chi connectivity index (χ3n) is 2.38. The summed E-state index contributed by atoms with van der Waals surface area (Å²) < 4.78 is 12.8. The summed E-state index contributed by atoms with van der Waals surface area (Å²) in [6, 6.07) is 4.92. The molecule has 0 aliphatic rings. The molecule has 1 aromatic carbocycles. The molecule has 0 aliphatic heterocycles. The Morgan fingerprint density at radius 2 is 1.70 bits per heavy atom. The van der Waals surface area contributed by atoms with E-state index >= 15 is 0 Å². The van der Waals surface area contributed by atoms with Crippen LogP contribution in [0.1, 0.15) is 20.8 Å². The number of rotatable bonds is 3. The highest BCUT2D eigenvalue weighted by Gasteiger charge is 2.16. The summed E-state index contributed by atoms with van der Waals surface area (Å²) in [5, 5.41) is 2.41. The summed E-state index contributed by atoms with van der Waals surface area (Å²) in [7, 11) is 0. The molecule has 4 N–H and O–H groups in total. The van der Waals surface area contributed by atoms with Gasteiger partial charge in [0.2, 0.25) is 0 Å². The highest BCUT2D eigenvalue weighted by atomic mass is 19.1. The number of halogens is 1. The van der Waals surface area contributed by atoms with Crippen LogP contribution in [0.15, 0.2) is 36.7 Å². The van der Waals surface area contributed by atoms with Crippen molar-refractivity contribution >= 4 is 17.6 Å². The second kappa shape index (κ2) is 5.85. The highest BCUT2D eigenvalue weighted by Crippen LogP contribution is 2.11. The number of nitrogens with two attached hydrogens (primary N) is 1. The van der Waals surface area contributed by atoms with Crippen LogP contribution >= 0.6 is 0 Å². The molecule has 7 nitrogen and oxygen atoms in total. The molecule has 0 aliphatic carbocycles. The van der Waals surface area contributed by atoms with E-state index in [9.17, 15) is 14.0 Å². The Bertz CT molecular complexity index is 645. The van der Waals surface area contributed by atoms with Crippen LogP contribution in [-0.4, -0.2) is 21.8 Å². The Hall–Kier alpha value is -2.87. The first-order valence-electron chi connectivity index (χ1n) is 5.50. The fourth-order valence-electron chi connectivity index (χ4n) is 1.44. The quantitative estimate of drug-likeness (QED) is 0.428. The van der Waals surface area contributed by atoms with Gasteiger partial charge in [-0.3, -0.25) is 15.0 Å². The minimum atomic E-state index is -0.687. The van der Waals surface area contributed by atoms with Gasteiger partial charge in [0, 0.05) is 18.0 Å². The van der Waals surface area contributed by atoms with Crippen molar-refractivity contribution in [3.63, 3.8) is 0 Å². The molecule has 1 heterocycles. The van der Waals surface area contributed by atoms with Gasteiger partial charge in [0.15, 0.2) is 11.5 Å². The van der Waals surface area contributed by atoms with Crippen molar-refractivity contribution in [3.8, 4) is 0 Å². The first-order chi connectivity index (χ1) is 9.61. The number of amides is 2. The number of carbonyl (C=O) groups is 2. The van der Waals surface area contributed by atoms with Gasteiger partial charge in [-0.05, 0) is 24.3 Å². The molecule has 8 heteroatoms. The van der Waals surface area contributed by atoms with Gasteiger partial charge >= 0.3 is 0 Å². The van der Waals surface area contributed by atoms with Gasteiger partial charge in [-0.25, -0.2) is 20.2 Å². The maximum absolute atomic E-state index is 12.8. The molecule has 20 heavy (non-hydrogen) atoms. The van der Waals surface area contributed by atoms with Gasteiger partial charge in [-0.15, -0.1) is 0 Å². The Labute approximate surface area is 113 Å². The fourth-order valence-corrected chi connectivity index (χ4v) is 1.44. The van der Waals surface area contributed by atoms with Gasteiger partial charge in [-0.1, -0.05) is 0 Å². The average molecular weight is 275 g/mol. The molecular weight excluding hydrogens is 265 g/mol. The Morgan fingerprint density at radius 3 is 2.35 bits per heavy atom. The van der Waals surface area contributed by atoms with E-state index < -0.39 is 17.6 Å². The summed E-state index contributed by atoms with van der Waals surface area (Å²) in [5.41, 5.74) is 2.00. The van der Waals surface area contributed by atoms with E-state index in [-0.39, 0.29) is 17.1 Å². The van der Waals surface area contributed by atoms with E-state index in [1.54, 1.807) is 0 Å². The molecule has 0 saturated carbocycles. The van der Waals surface area contributed by atoms with Crippen molar-refractivity contribution < 1.29 is 14.0 Å². The van der Waals surface area contributed by atoms with Crippen LogP contribution in [-0.2, 0) is 0 Å². The van der Waals surface area contributed by atoms with E-state index in [1.165, 1.54) is 24.5 Å². The minimum Gasteiger partial charge on any atom is -0.305 e. The predicted molar refractivity (Wildman–Crippen MR) is 68.0 cm³/mol. The van der Waals surface area contributed by atoms with E-state index in [2.05, 4.69) is 15.3 Å².